The van der Waals surface area contributed by atoms with Crippen molar-refractivity contribution >= 4 is 5.91 Å². The number of amides is 1. The summed E-state index contributed by atoms with van der Waals surface area (Å²) in [6, 6.07) is 0. The first-order valence-electron chi connectivity index (χ1n) is 4.26. The van der Waals surface area contributed by atoms with E-state index in [1.165, 1.54) is 7.05 Å². The fourth-order valence-electron chi connectivity index (χ4n) is 1.27. The van der Waals surface area contributed by atoms with E-state index in [1.54, 1.807) is 4.90 Å². The highest BCUT2D eigenvalue weighted by Gasteiger charge is 2.32. The van der Waals surface area contributed by atoms with Gasteiger partial charge in [-0.1, -0.05) is 6.58 Å². The molecule has 0 aromatic rings. The number of nitrogens with two attached hydrogens (primary N) is 1. The van der Waals surface area contributed by atoms with Gasteiger partial charge in [0.05, 0.1) is 6.54 Å². The van der Waals surface area contributed by atoms with E-state index >= 15 is 0 Å². The van der Waals surface area contributed by atoms with Crippen LogP contribution >= 0.6 is 0 Å². The molecule has 0 radical (unpaired) electrons. The molecule has 1 heterocycles. The number of carbonyl (C=O) groups excluding carboxylic acids is 1. The summed E-state index contributed by atoms with van der Waals surface area (Å²) in [5.74, 6) is 0.810. The van der Waals surface area contributed by atoms with Crippen LogP contribution in [0.2, 0.25) is 0 Å². The molecule has 0 spiro atoms. The van der Waals surface area contributed by atoms with Crippen LogP contribution in [-0.2, 0) is 4.79 Å². The quantitative estimate of drug-likeness (QED) is 0.569. The number of rotatable bonds is 0. The van der Waals surface area contributed by atoms with Crippen molar-refractivity contribution in [3.8, 4) is 0 Å². The predicted octanol–water partition coefficient (Wildman–Crippen LogP) is 0.263. The van der Waals surface area contributed by atoms with Crippen molar-refractivity contribution in [1.29, 1.82) is 0 Å². The molecule has 1 aliphatic rings. The van der Waals surface area contributed by atoms with Gasteiger partial charge in [-0.15, -0.1) is 0 Å². The number of nitrogens with one attached hydrogen (secondary N) is 1. The monoisotopic (exact) mass is 185 g/mol. The minimum atomic E-state index is -0.155. The molecule has 1 fully saturated rings. The van der Waals surface area contributed by atoms with E-state index < -0.39 is 0 Å². The number of carbonyl (C=O) groups is 1. The Morgan fingerprint density at radius 2 is 1.92 bits per heavy atom. The molecule has 0 saturated carbocycles. The average Bonchev–Trinajstić information content (AvgIpc) is 2.33. The lowest BCUT2D eigenvalue weighted by molar-refractivity contribution is -0.129. The highest BCUT2D eigenvalue weighted by Crippen LogP contribution is 2.20. The van der Waals surface area contributed by atoms with Crippen molar-refractivity contribution in [3.63, 3.8) is 0 Å². The van der Waals surface area contributed by atoms with E-state index in [2.05, 4.69) is 17.6 Å². The van der Waals surface area contributed by atoms with E-state index in [1.807, 2.05) is 20.8 Å². The van der Waals surface area contributed by atoms with Gasteiger partial charge < -0.3 is 11.1 Å². The van der Waals surface area contributed by atoms with Crippen LogP contribution in [0.3, 0.4) is 0 Å². The molecule has 3 N–H and O–H groups in total. The van der Waals surface area contributed by atoms with Crippen molar-refractivity contribution in [2.24, 2.45) is 5.73 Å². The van der Waals surface area contributed by atoms with Crippen molar-refractivity contribution in [2.75, 3.05) is 13.6 Å². The van der Waals surface area contributed by atoms with Gasteiger partial charge in [-0.3, -0.25) is 9.69 Å². The maximum Gasteiger partial charge on any atom is 0.247 e. The minimum absolute atomic E-state index is 0.0995. The molecule has 0 unspecified atom stereocenters. The van der Waals surface area contributed by atoms with E-state index in [4.69, 9.17) is 0 Å². The third-order valence-electron chi connectivity index (χ3n) is 1.63. The number of hydrogen-bond acceptors (Lipinski definition) is 3. The fraction of sp³-hybridized carbons (Fsp3) is 0.667. The highest BCUT2D eigenvalue weighted by atomic mass is 16.2. The average molecular weight is 185 g/mol. The van der Waals surface area contributed by atoms with E-state index in [9.17, 15) is 4.79 Å². The van der Waals surface area contributed by atoms with Crippen LogP contribution in [-0.4, -0.2) is 29.9 Å². The first-order valence-corrected chi connectivity index (χ1v) is 4.26. The van der Waals surface area contributed by atoms with Crippen LogP contribution < -0.4 is 11.1 Å². The van der Waals surface area contributed by atoms with Crippen LogP contribution in [0.15, 0.2) is 12.4 Å². The van der Waals surface area contributed by atoms with E-state index in [0.29, 0.717) is 12.4 Å². The van der Waals surface area contributed by atoms with Crippen molar-refractivity contribution in [2.45, 2.75) is 26.3 Å². The van der Waals surface area contributed by atoms with Gasteiger partial charge in [0.15, 0.2) is 0 Å². The second-order valence-electron chi connectivity index (χ2n) is 3.70. The largest absolute Gasteiger partial charge is 0.363 e. The van der Waals surface area contributed by atoms with Crippen LogP contribution in [0.25, 0.3) is 0 Å². The molecule has 13 heavy (non-hydrogen) atoms. The van der Waals surface area contributed by atoms with Gasteiger partial charge >= 0.3 is 0 Å². The Labute approximate surface area is 79.8 Å². The van der Waals surface area contributed by atoms with E-state index in [-0.39, 0.29) is 11.4 Å². The second kappa shape index (κ2) is 4.28. The molecule has 0 aromatic heterocycles. The summed E-state index contributed by atoms with van der Waals surface area (Å²) in [6.45, 7) is 10.1. The fourth-order valence-corrected chi connectivity index (χ4v) is 1.27. The van der Waals surface area contributed by atoms with Crippen LogP contribution in [0.4, 0.5) is 0 Å². The first-order chi connectivity index (χ1) is 5.93. The smallest absolute Gasteiger partial charge is 0.247 e. The van der Waals surface area contributed by atoms with Crippen LogP contribution in [0, 0.1) is 0 Å². The zero-order valence-electron chi connectivity index (χ0n) is 8.85. The molecule has 1 saturated heterocycles. The summed E-state index contributed by atoms with van der Waals surface area (Å²) in [5.41, 5.74) is 4.34. The molecular weight excluding hydrogens is 166 g/mol. The Hall–Kier alpha value is -1.03. The summed E-state index contributed by atoms with van der Waals surface area (Å²) >= 11 is 0. The van der Waals surface area contributed by atoms with Gasteiger partial charge in [-0.25, -0.2) is 0 Å². The predicted molar refractivity (Wildman–Crippen MR) is 53.9 cm³/mol. The number of hydrogen-bond donors (Lipinski definition) is 2. The molecule has 4 nitrogen and oxygen atoms in total. The molecule has 0 atom stereocenters. The SMILES string of the molecule is C=C1NCC(=O)N1C(C)(C)C.CN. The van der Waals surface area contributed by atoms with Crippen molar-refractivity contribution < 1.29 is 4.79 Å². The third kappa shape index (κ3) is 2.73. The summed E-state index contributed by atoms with van der Waals surface area (Å²) < 4.78 is 0. The van der Waals surface area contributed by atoms with Crippen molar-refractivity contribution in [1.82, 2.24) is 10.2 Å². The number of nitrogens with zero attached hydrogens (tertiary/aromatic N) is 1. The topological polar surface area (TPSA) is 58.4 Å². The van der Waals surface area contributed by atoms with Gasteiger partial charge in [-0.05, 0) is 27.8 Å². The normalized spacial score (nSPS) is 16.5. The lowest BCUT2D eigenvalue weighted by Gasteiger charge is -2.31. The summed E-state index contributed by atoms with van der Waals surface area (Å²) in [6.07, 6.45) is 0. The van der Waals surface area contributed by atoms with Gasteiger partial charge in [0.1, 0.15) is 5.82 Å². The molecule has 0 aromatic carbocycles. The zero-order valence-corrected chi connectivity index (χ0v) is 8.85. The summed E-state index contributed by atoms with van der Waals surface area (Å²) in [5, 5.41) is 2.91. The maximum atomic E-state index is 11.2. The second-order valence-corrected chi connectivity index (χ2v) is 3.70. The Morgan fingerprint density at radius 3 is 2.08 bits per heavy atom. The molecule has 1 aliphatic heterocycles. The Balaban J connectivity index is 0.000000671. The minimum Gasteiger partial charge on any atom is -0.363 e. The highest BCUT2D eigenvalue weighted by molar-refractivity contribution is 5.83. The molecule has 0 bridgehead atoms. The van der Waals surface area contributed by atoms with Crippen LogP contribution in [0.5, 0.6) is 0 Å². The molecule has 1 amide bonds. The van der Waals surface area contributed by atoms with Gasteiger partial charge in [0, 0.05) is 5.54 Å². The van der Waals surface area contributed by atoms with Crippen molar-refractivity contribution in [3.05, 3.63) is 12.4 Å². The first kappa shape index (κ1) is 12.0. The van der Waals surface area contributed by atoms with E-state index in [0.717, 1.165) is 0 Å². The molecule has 1 rings (SSSR count). The lowest BCUT2D eigenvalue weighted by Crippen LogP contribution is -2.41. The van der Waals surface area contributed by atoms with Crippen LogP contribution in [0.1, 0.15) is 20.8 Å². The van der Waals surface area contributed by atoms with Gasteiger partial charge in [0.2, 0.25) is 5.91 Å². The summed E-state index contributed by atoms with van der Waals surface area (Å²) in [4.78, 5) is 12.9. The Morgan fingerprint density at radius 1 is 1.46 bits per heavy atom. The Kier molecular flexibility index (Phi) is 3.94. The third-order valence-corrected chi connectivity index (χ3v) is 1.63. The molecule has 0 aliphatic carbocycles. The zero-order chi connectivity index (χ0) is 10.6. The standard InChI is InChI=1S/C8H14N2O.CH5N/c1-6-9-5-7(11)10(6)8(2,3)4;1-2/h9H,1,5H2,2-4H3;2H2,1H3. The Bertz CT molecular complexity index is 189. The van der Waals surface area contributed by atoms with Gasteiger partial charge in [0.25, 0.3) is 0 Å². The lowest BCUT2D eigenvalue weighted by atomic mass is 10.1. The summed E-state index contributed by atoms with van der Waals surface area (Å²) in [7, 11) is 1.50. The molecular formula is C9H19N3O. The molecule has 4 heteroatoms. The molecule has 76 valence electrons. The maximum absolute atomic E-state index is 11.2. The van der Waals surface area contributed by atoms with Gasteiger partial charge in [-0.2, -0.15) is 0 Å².